The van der Waals surface area contributed by atoms with Gasteiger partial charge in [0, 0.05) is 43.5 Å². The molecule has 3 heterocycles. The highest BCUT2D eigenvalue weighted by Crippen LogP contribution is 2.31. The highest BCUT2D eigenvalue weighted by Gasteiger charge is 2.34. The van der Waals surface area contributed by atoms with Gasteiger partial charge in [0.1, 0.15) is 5.82 Å². The molecule has 0 bridgehead atoms. The van der Waals surface area contributed by atoms with Gasteiger partial charge >= 0.3 is 6.18 Å². The van der Waals surface area contributed by atoms with Crippen molar-refractivity contribution in [2.75, 3.05) is 11.9 Å². The minimum atomic E-state index is -4.58. The van der Waals surface area contributed by atoms with Crippen molar-refractivity contribution in [3.8, 4) is 11.4 Å². The average molecular weight is 346 g/mol. The van der Waals surface area contributed by atoms with Crippen LogP contribution in [0, 0.1) is 0 Å². The first kappa shape index (κ1) is 16.7. The van der Waals surface area contributed by atoms with Gasteiger partial charge in [0.05, 0.1) is 18.4 Å². The van der Waals surface area contributed by atoms with E-state index in [0.29, 0.717) is 11.3 Å². The second-order valence-electron chi connectivity index (χ2n) is 5.22. The number of rotatable bonds is 4. The third-order valence-electron chi connectivity index (χ3n) is 3.35. The van der Waals surface area contributed by atoms with Crippen molar-refractivity contribution in [3.63, 3.8) is 0 Å². The number of alkyl halides is 3. The molecular weight excluding hydrogens is 333 g/mol. The summed E-state index contributed by atoms with van der Waals surface area (Å²) >= 11 is 0. The minimum absolute atomic E-state index is 0.0155. The lowest BCUT2D eigenvalue weighted by Gasteiger charge is -2.19. The molecule has 0 aliphatic carbocycles. The van der Waals surface area contributed by atoms with Crippen molar-refractivity contribution in [1.29, 1.82) is 0 Å². The molecule has 0 aromatic carbocycles. The fourth-order valence-corrected chi connectivity index (χ4v) is 2.14. The topological polar surface area (TPSA) is 67.7 Å². The third kappa shape index (κ3) is 4.06. The molecule has 0 aliphatic heterocycles. The molecule has 0 unspecified atom stereocenters. The van der Waals surface area contributed by atoms with E-state index < -0.39 is 11.9 Å². The Morgan fingerprint density at radius 3 is 2.40 bits per heavy atom. The Balaban J connectivity index is 2.00. The third-order valence-corrected chi connectivity index (χ3v) is 3.35. The van der Waals surface area contributed by atoms with Crippen molar-refractivity contribution >= 4 is 5.82 Å². The minimum Gasteiger partial charge on any atom is -0.354 e. The molecule has 9 heteroatoms. The lowest BCUT2D eigenvalue weighted by Crippen LogP contribution is -2.21. The molecule has 3 rings (SSSR count). The van der Waals surface area contributed by atoms with Crippen LogP contribution in [0.25, 0.3) is 11.4 Å². The first-order valence-corrected chi connectivity index (χ1v) is 7.26. The molecule has 0 N–H and O–H groups in total. The summed E-state index contributed by atoms with van der Waals surface area (Å²) in [7, 11) is 1.63. The second kappa shape index (κ2) is 6.80. The summed E-state index contributed by atoms with van der Waals surface area (Å²) < 4.78 is 39.6. The van der Waals surface area contributed by atoms with E-state index in [4.69, 9.17) is 0 Å². The summed E-state index contributed by atoms with van der Waals surface area (Å²) in [5.74, 6) is 0.123. The molecule has 0 fully saturated rings. The van der Waals surface area contributed by atoms with Gasteiger partial charge in [-0.2, -0.15) is 13.2 Å². The van der Waals surface area contributed by atoms with Crippen molar-refractivity contribution in [2.45, 2.75) is 12.7 Å². The fourth-order valence-electron chi connectivity index (χ4n) is 2.14. The lowest BCUT2D eigenvalue weighted by molar-refractivity contribution is -0.141. The average Bonchev–Trinajstić information content (AvgIpc) is 2.62. The van der Waals surface area contributed by atoms with Crippen LogP contribution in [0.4, 0.5) is 19.0 Å². The summed E-state index contributed by atoms with van der Waals surface area (Å²) in [5, 5.41) is 0. The molecule has 0 atom stereocenters. The van der Waals surface area contributed by atoms with Crippen molar-refractivity contribution in [1.82, 2.24) is 24.9 Å². The van der Waals surface area contributed by atoms with Gasteiger partial charge in [0.2, 0.25) is 0 Å². The highest BCUT2D eigenvalue weighted by atomic mass is 19.4. The Morgan fingerprint density at radius 1 is 1.00 bits per heavy atom. The zero-order valence-corrected chi connectivity index (χ0v) is 13.1. The number of anilines is 1. The predicted octanol–water partition coefficient (Wildman–Crippen LogP) is 2.98. The summed E-state index contributed by atoms with van der Waals surface area (Å²) in [6, 6.07) is 4.03. The number of hydrogen-bond acceptors (Lipinski definition) is 6. The van der Waals surface area contributed by atoms with Gasteiger partial charge < -0.3 is 4.90 Å². The predicted molar refractivity (Wildman–Crippen MR) is 84.4 cm³/mol. The van der Waals surface area contributed by atoms with Gasteiger partial charge in [-0.1, -0.05) is 0 Å². The van der Waals surface area contributed by atoms with E-state index in [1.165, 1.54) is 24.8 Å². The standard InChI is InChI=1S/C16H13F3N6/c1-25(10-12-9-21-6-7-22-12)14-8-13(16(17,18)19)23-15(24-14)11-2-4-20-5-3-11/h2-9H,10H2,1H3. The number of nitrogens with zero attached hydrogens (tertiary/aromatic N) is 6. The molecule has 25 heavy (non-hydrogen) atoms. The van der Waals surface area contributed by atoms with Crippen molar-refractivity contribution < 1.29 is 13.2 Å². The van der Waals surface area contributed by atoms with Crippen LogP contribution in [0.15, 0.2) is 49.2 Å². The van der Waals surface area contributed by atoms with Gasteiger partial charge in [-0.3, -0.25) is 15.0 Å². The summed E-state index contributed by atoms with van der Waals surface area (Å²) in [5.41, 5.74) is 0.0631. The Kier molecular flexibility index (Phi) is 4.55. The van der Waals surface area contributed by atoms with E-state index in [-0.39, 0.29) is 18.2 Å². The van der Waals surface area contributed by atoms with Crippen LogP contribution in [0.3, 0.4) is 0 Å². The van der Waals surface area contributed by atoms with Crippen LogP contribution in [-0.2, 0) is 12.7 Å². The van der Waals surface area contributed by atoms with Crippen LogP contribution in [0.2, 0.25) is 0 Å². The van der Waals surface area contributed by atoms with Crippen LogP contribution < -0.4 is 4.90 Å². The normalized spacial score (nSPS) is 11.4. The van der Waals surface area contributed by atoms with Gasteiger partial charge in [-0.05, 0) is 12.1 Å². The molecule has 0 spiro atoms. The number of hydrogen-bond donors (Lipinski definition) is 0. The number of pyridine rings is 1. The summed E-state index contributed by atoms with van der Waals surface area (Å²) in [6.07, 6.45) is 2.97. The summed E-state index contributed by atoms with van der Waals surface area (Å²) in [4.78, 5) is 21.4. The highest BCUT2D eigenvalue weighted by molar-refractivity contribution is 5.57. The molecule has 6 nitrogen and oxygen atoms in total. The smallest absolute Gasteiger partial charge is 0.354 e. The number of halogens is 3. The van der Waals surface area contributed by atoms with E-state index in [1.807, 2.05) is 0 Å². The quantitative estimate of drug-likeness (QED) is 0.723. The van der Waals surface area contributed by atoms with Crippen LogP contribution in [0.1, 0.15) is 11.4 Å². The van der Waals surface area contributed by atoms with Gasteiger partial charge in [0.25, 0.3) is 0 Å². The zero-order valence-electron chi connectivity index (χ0n) is 13.1. The maximum atomic E-state index is 13.2. The Morgan fingerprint density at radius 2 is 1.76 bits per heavy atom. The maximum absolute atomic E-state index is 13.2. The maximum Gasteiger partial charge on any atom is 0.433 e. The van der Waals surface area contributed by atoms with Crippen molar-refractivity contribution in [3.05, 3.63) is 60.6 Å². The molecule has 128 valence electrons. The van der Waals surface area contributed by atoms with Gasteiger partial charge in [0.15, 0.2) is 11.5 Å². The van der Waals surface area contributed by atoms with Gasteiger partial charge in [-0.15, -0.1) is 0 Å². The van der Waals surface area contributed by atoms with Crippen LogP contribution in [-0.4, -0.2) is 32.0 Å². The molecule has 0 aliphatic rings. The zero-order chi connectivity index (χ0) is 17.9. The molecule has 0 amide bonds. The van der Waals surface area contributed by atoms with Gasteiger partial charge in [-0.25, -0.2) is 9.97 Å². The van der Waals surface area contributed by atoms with E-state index in [9.17, 15) is 13.2 Å². The molecule has 0 saturated carbocycles. The van der Waals surface area contributed by atoms with Crippen LogP contribution >= 0.6 is 0 Å². The fraction of sp³-hybridized carbons (Fsp3) is 0.188. The van der Waals surface area contributed by atoms with E-state index in [1.54, 1.807) is 30.3 Å². The Labute approximate surface area is 141 Å². The van der Waals surface area contributed by atoms with E-state index >= 15 is 0 Å². The Hall–Kier alpha value is -3.10. The molecule has 3 aromatic heterocycles. The van der Waals surface area contributed by atoms with E-state index in [2.05, 4.69) is 24.9 Å². The second-order valence-corrected chi connectivity index (χ2v) is 5.22. The van der Waals surface area contributed by atoms with Crippen LogP contribution in [0.5, 0.6) is 0 Å². The SMILES string of the molecule is CN(Cc1cnccn1)c1cc(C(F)(F)F)nc(-c2ccncc2)n1. The first-order chi connectivity index (χ1) is 11.9. The first-order valence-electron chi connectivity index (χ1n) is 7.26. The summed E-state index contributed by atoms with van der Waals surface area (Å²) in [6.45, 7) is 0.262. The van der Waals surface area contributed by atoms with Crippen molar-refractivity contribution in [2.24, 2.45) is 0 Å². The monoisotopic (exact) mass is 346 g/mol. The van der Waals surface area contributed by atoms with E-state index in [0.717, 1.165) is 6.07 Å². The molecule has 0 radical (unpaired) electrons. The molecule has 0 saturated heterocycles. The largest absolute Gasteiger partial charge is 0.433 e. The lowest BCUT2D eigenvalue weighted by atomic mass is 10.2. The molecular formula is C16H13F3N6. The number of aromatic nitrogens is 5. The Bertz CT molecular complexity index is 839. The molecule has 3 aromatic rings.